The summed E-state index contributed by atoms with van der Waals surface area (Å²) in [6, 6.07) is 10.3. The van der Waals surface area contributed by atoms with Gasteiger partial charge in [-0.15, -0.1) is 0 Å². The number of hydrogen-bond donors (Lipinski definition) is 1. The molecular weight excluding hydrogens is 271 g/mol. The summed E-state index contributed by atoms with van der Waals surface area (Å²) < 4.78 is 18.1. The van der Waals surface area contributed by atoms with Crippen LogP contribution in [-0.4, -0.2) is 11.1 Å². The number of hydrogen-bond acceptors (Lipinski definition) is 2. The van der Waals surface area contributed by atoms with Crippen LogP contribution in [0.4, 0.5) is 4.39 Å². The maximum atomic E-state index is 12.7. The Kier molecular flexibility index (Phi) is 4.02. The molecule has 0 aliphatic carbocycles. The molecule has 98 valence electrons. The van der Waals surface area contributed by atoms with E-state index < -0.39 is 5.97 Å². The second-order valence-electron chi connectivity index (χ2n) is 3.86. The van der Waals surface area contributed by atoms with E-state index in [1.165, 1.54) is 24.3 Å². The van der Waals surface area contributed by atoms with Crippen LogP contribution in [0.1, 0.15) is 15.9 Å². The van der Waals surface area contributed by atoms with Crippen molar-refractivity contribution in [2.75, 3.05) is 0 Å². The van der Waals surface area contributed by atoms with Crippen molar-refractivity contribution in [3.05, 3.63) is 64.4 Å². The van der Waals surface area contributed by atoms with Gasteiger partial charge in [-0.3, -0.25) is 0 Å². The van der Waals surface area contributed by atoms with Crippen LogP contribution in [0.2, 0.25) is 5.02 Å². The monoisotopic (exact) mass is 280 g/mol. The van der Waals surface area contributed by atoms with Gasteiger partial charge in [0.05, 0.1) is 10.6 Å². The van der Waals surface area contributed by atoms with E-state index in [-0.39, 0.29) is 23.0 Å². The molecule has 0 heterocycles. The Bertz CT molecular complexity index is 596. The first-order valence-electron chi connectivity index (χ1n) is 5.46. The summed E-state index contributed by atoms with van der Waals surface area (Å²) in [5.74, 6) is -1.04. The molecule has 0 spiro atoms. The molecule has 3 nitrogen and oxygen atoms in total. The highest BCUT2D eigenvalue weighted by atomic mass is 35.5. The fraction of sp³-hybridized carbons (Fsp3) is 0.0714. The molecule has 2 rings (SSSR count). The van der Waals surface area contributed by atoms with Crippen LogP contribution in [0, 0.1) is 5.82 Å². The zero-order chi connectivity index (χ0) is 13.8. The van der Waals surface area contributed by atoms with Crippen LogP contribution in [0.25, 0.3) is 0 Å². The fourth-order valence-corrected chi connectivity index (χ4v) is 1.70. The summed E-state index contributed by atoms with van der Waals surface area (Å²) in [6.45, 7) is 0.223. The lowest BCUT2D eigenvalue weighted by molar-refractivity contribution is 0.0696. The first kappa shape index (κ1) is 13.4. The van der Waals surface area contributed by atoms with E-state index in [1.54, 1.807) is 18.2 Å². The van der Waals surface area contributed by atoms with E-state index >= 15 is 0 Å². The van der Waals surface area contributed by atoms with E-state index in [2.05, 4.69) is 0 Å². The molecule has 0 amide bonds. The number of carboxylic acids is 1. The Hall–Kier alpha value is -2.07. The highest BCUT2D eigenvalue weighted by Gasteiger charge is 2.09. The molecule has 1 N–H and O–H groups in total. The van der Waals surface area contributed by atoms with Gasteiger partial charge >= 0.3 is 5.97 Å². The highest BCUT2D eigenvalue weighted by molar-refractivity contribution is 6.33. The molecule has 2 aromatic carbocycles. The SMILES string of the molecule is O=C(O)c1cc(OCc2ccc(F)cc2)ccc1Cl. The van der Waals surface area contributed by atoms with Gasteiger partial charge in [0, 0.05) is 0 Å². The summed E-state index contributed by atoms with van der Waals surface area (Å²) in [5, 5.41) is 9.08. The molecule has 5 heteroatoms. The number of halogens is 2. The standard InChI is InChI=1S/C14H10ClFO3/c15-13-6-5-11(7-12(13)14(17)18)19-8-9-1-3-10(16)4-2-9/h1-7H,8H2,(H,17,18). The van der Waals surface area contributed by atoms with Crippen LogP contribution >= 0.6 is 11.6 Å². The molecule has 0 bridgehead atoms. The normalized spacial score (nSPS) is 10.2. The molecule has 0 aromatic heterocycles. The van der Waals surface area contributed by atoms with Gasteiger partial charge in [-0.25, -0.2) is 9.18 Å². The number of carboxylic acid groups (broad SMARTS) is 1. The molecule has 0 aliphatic heterocycles. The first-order chi connectivity index (χ1) is 9.06. The Morgan fingerprint density at radius 3 is 2.53 bits per heavy atom. The first-order valence-corrected chi connectivity index (χ1v) is 5.84. The van der Waals surface area contributed by atoms with Gasteiger partial charge in [-0.1, -0.05) is 23.7 Å². The molecule has 0 saturated carbocycles. The third-order valence-corrected chi connectivity index (χ3v) is 2.82. The number of benzene rings is 2. The molecule has 2 aromatic rings. The van der Waals surface area contributed by atoms with Crippen molar-refractivity contribution in [3.8, 4) is 5.75 Å². The minimum atomic E-state index is -1.11. The molecule has 0 atom stereocenters. The lowest BCUT2D eigenvalue weighted by Crippen LogP contribution is -2.00. The van der Waals surface area contributed by atoms with Crippen LogP contribution in [-0.2, 0) is 6.61 Å². The van der Waals surface area contributed by atoms with Gasteiger partial charge in [0.2, 0.25) is 0 Å². The predicted molar refractivity (Wildman–Crippen MR) is 69.1 cm³/mol. The van der Waals surface area contributed by atoms with Crippen LogP contribution < -0.4 is 4.74 Å². The second kappa shape index (κ2) is 5.71. The van der Waals surface area contributed by atoms with Gasteiger partial charge < -0.3 is 9.84 Å². The summed E-state index contributed by atoms with van der Waals surface area (Å²) in [5.41, 5.74) is 0.770. The van der Waals surface area contributed by atoms with E-state index in [0.717, 1.165) is 5.56 Å². The fourth-order valence-electron chi connectivity index (χ4n) is 1.51. The number of ether oxygens (including phenoxy) is 1. The molecular formula is C14H10ClFO3. The topological polar surface area (TPSA) is 46.5 Å². The van der Waals surface area contributed by atoms with E-state index in [9.17, 15) is 9.18 Å². The molecule has 0 radical (unpaired) electrons. The number of aromatic carboxylic acids is 1. The lowest BCUT2D eigenvalue weighted by Gasteiger charge is -2.08. The maximum absolute atomic E-state index is 12.7. The van der Waals surface area contributed by atoms with Crippen molar-refractivity contribution in [2.24, 2.45) is 0 Å². The quantitative estimate of drug-likeness (QED) is 0.927. The number of rotatable bonds is 4. The summed E-state index contributed by atoms with van der Waals surface area (Å²) in [4.78, 5) is 10.9. The van der Waals surface area contributed by atoms with Gasteiger partial charge in [0.25, 0.3) is 0 Å². The van der Waals surface area contributed by atoms with E-state index in [0.29, 0.717) is 5.75 Å². The van der Waals surface area contributed by atoms with Gasteiger partial charge in [-0.05, 0) is 35.9 Å². The van der Waals surface area contributed by atoms with Gasteiger partial charge in [-0.2, -0.15) is 0 Å². The minimum Gasteiger partial charge on any atom is -0.489 e. The van der Waals surface area contributed by atoms with Gasteiger partial charge in [0.15, 0.2) is 0 Å². The van der Waals surface area contributed by atoms with Gasteiger partial charge in [0.1, 0.15) is 18.2 Å². The Morgan fingerprint density at radius 2 is 1.89 bits per heavy atom. The Labute approximate surface area is 114 Å². The van der Waals surface area contributed by atoms with Crippen molar-refractivity contribution >= 4 is 17.6 Å². The molecule has 0 saturated heterocycles. The minimum absolute atomic E-state index is 0.0155. The zero-order valence-electron chi connectivity index (χ0n) is 9.77. The van der Waals surface area contributed by atoms with Crippen LogP contribution in [0.15, 0.2) is 42.5 Å². The summed E-state index contributed by atoms with van der Waals surface area (Å²) in [6.07, 6.45) is 0. The predicted octanol–water partition coefficient (Wildman–Crippen LogP) is 3.76. The Balaban J connectivity index is 2.09. The highest BCUT2D eigenvalue weighted by Crippen LogP contribution is 2.22. The summed E-state index contributed by atoms with van der Waals surface area (Å²) >= 11 is 5.75. The van der Waals surface area contributed by atoms with Crippen molar-refractivity contribution in [1.29, 1.82) is 0 Å². The van der Waals surface area contributed by atoms with Crippen molar-refractivity contribution in [1.82, 2.24) is 0 Å². The third-order valence-electron chi connectivity index (χ3n) is 2.49. The van der Waals surface area contributed by atoms with Crippen molar-refractivity contribution in [2.45, 2.75) is 6.61 Å². The van der Waals surface area contributed by atoms with Crippen LogP contribution in [0.5, 0.6) is 5.75 Å². The largest absolute Gasteiger partial charge is 0.489 e. The van der Waals surface area contributed by atoms with E-state index in [1.807, 2.05) is 0 Å². The van der Waals surface area contributed by atoms with E-state index in [4.69, 9.17) is 21.4 Å². The zero-order valence-corrected chi connectivity index (χ0v) is 10.5. The van der Waals surface area contributed by atoms with Crippen molar-refractivity contribution in [3.63, 3.8) is 0 Å². The summed E-state index contributed by atoms with van der Waals surface area (Å²) in [7, 11) is 0. The smallest absolute Gasteiger partial charge is 0.337 e. The maximum Gasteiger partial charge on any atom is 0.337 e. The average Bonchev–Trinajstić information content (AvgIpc) is 2.39. The molecule has 19 heavy (non-hydrogen) atoms. The molecule has 0 unspecified atom stereocenters. The Morgan fingerprint density at radius 1 is 1.21 bits per heavy atom. The second-order valence-corrected chi connectivity index (χ2v) is 4.27. The average molecular weight is 281 g/mol. The van der Waals surface area contributed by atoms with Crippen molar-refractivity contribution < 1.29 is 19.0 Å². The third kappa shape index (κ3) is 3.45. The number of carbonyl (C=O) groups is 1. The van der Waals surface area contributed by atoms with Crippen LogP contribution in [0.3, 0.4) is 0 Å². The molecule has 0 fully saturated rings. The molecule has 0 aliphatic rings. The lowest BCUT2D eigenvalue weighted by atomic mass is 10.2.